The number of fused-ring (bicyclic) bond motifs is 1. The number of halogens is 1. The highest BCUT2D eigenvalue weighted by atomic mass is 79.9. The van der Waals surface area contributed by atoms with Crippen LogP contribution in [-0.2, 0) is 4.79 Å². The first-order valence-electron chi connectivity index (χ1n) is 7.77. The second-order valence-electron chi connectivity index (χ2n) is 5.44. The molecule has 2 N–H and O–H groups in total. The summed E-state index contributed by atoms with van der Waals surface area (Å²) < 4.78 is 16.2. The summed E-state index contributed by atoms with van der Waals surface area (Å²) in [5, 5.41) is 7.39. The molecule has 138 valence electrons. The third-order valence-corrected chi connectivity index (χ3v) is 4.81. The summed E-state index contributed by atoms with van der Waals surface area (Å²) in [4.78, 5) is 28.3. The van der Waals surface area contributed by atoms with Gasteiger partial charge in [0.15, 0.2) is 27.1 Å². The molecule has 27 heavy (non-hydrogen) atoms. The molecule has 4 rings (SSSR count). The molecule has 10 heteroatoms. The number of aromatic nitrogens is 1. The zero-order chi connectivity index (χ0) is 18.8. The van der Waals surface area contributed by atoms with Crippen LogP contribution in [0.5, 0.6) is 11.5 Å². The standard InChI is InChI=1S/C17H12BrN3O5S/c18-14-4-3-12(26-14)16(23)19-6-15(22)21-17-20-10(7-27-17)9-1-2-11-13(5-9)25-8-24-11/h1-5,7H,6,8H2,(H,19,23)(H,20,21,22). The predicted molar refractivity (Wildman–Crippen MR) is 101 cm³/mol. The molecule has 1 aromatic carbocycles. The molecular weight excluding hydrogens is 438 g/mol. The second-order valence-corrected chi connectivity index (χ2v) is 7.08. The molecular formula is C17H12BrN3O5S. The minimum absolute atomic E-state index is 0.119. The minimum Gasteiger partial charge on any atom is -0.454 e. The molecule has 1 aliphatic rings. The van der Waals surface area contributed by atoms with Crippen LogP contribution in [0.25, 0.3) is 11.3 Å². The van der Waals surface area contributed by atoms with Crippen LogP contribution in [0.1, 0.15) is 10.6 Å². The summed E-state index contributed by atoms with van der Waals surface area (Å²) in [7, 11) is 0. The maximum absolute atomic E-state index is 12.0. The second kappa shape index (κ2) is 7.41. The molecule has 3 heterocycles. The molecule has 2 aromatic heterocycles. The number of hydrogen-bond acceptors (Lipinski definition) is 7. The molecule has 0 aliphatic carbocycles. The summed E-state index contributed by atoms with van der Waals surface area (Å²) in [6.07, 6.45) is 0. The Kier molecular flexibility index (Phi) is 4.82. The molecule has 2 amide bonds. The van der Waals surface area contributed by atoms with Crippen molar-refractivity contribution in [3.63, 3.8) is 0 Å². The lowest BCUT2D eigenvalue weighted by molar-refractivity contribution is -0.115. The van der Waals surface area contributed by atoms with Gasteiger partial charge < -0.3 is 24.5 Å². The summed E-state index contributed by atoms with van der Waals surface area (Å²) in [5.41, 5.74) is 1.56. The van der Waals surface area contributed by atoms with E-state index in [0.29, 0.717) is 27.0 Å². The first-order chi connectivity index (χ1) is 13.1. The van der Waals surface area contributed by atoms with E-state index in [0.717, 1.165) is 5.56 Å². The van der Waals surface area contributed by atoms with Crippen LogP contribution in [0.3, 0.4) is 0 Å². The van der Waals surface area contributed by atoms with Crippen molar-refractivity contribution in [3.8, 4) is 22.8 Å². The average molecular weight is 450 g/mol. The first kappa shape index (κ1) is 17.6. The van der Waals surface area contributed by atoms with Crippen molar-refractivity contribution in [2.45, 2.75) is 0 Å². The molecule has 0 radical (unpaired) electrons. The Morgan fingerprint density at radius 2 is 2.04 bits per heavy atom. The number of rotatable bonds is 5. The SMILES string of the molecule is O=C(CNC(=O)c1ccc(Br)o1)Nc1nc(-c2ccc3c(c2)OCO3)cs1. The topological polar surface area (TPSA) is 103 Å². The van der Waals surface area contributed by atoms with Gasteiger partial charge in [-0.2, -0.15) is 0 Å². The van der Waals surface area contributed by atoms with Gasteiger partial charge >= 0.3 is 0 Å². The number of hydrogen-bond donors (Lipinski definition) is 2. The maximum Gasteiger partial charge on any atom is 0.287 e. The number of nitrogens with one attached hydrogen (secondary N) is 2. The molecule has 0 spiro atoms. The van der Waals surface area contributed by atoms with Crippen molar-refractivity contribution in [2.24, 2.45) is 0 Å². The Labute approximate surface area is 165 Å². The Morgan fingerprint density at radius 3 is 2.85 bits per heavy atom. The van der Waals surface area contributed by atoms with Gasteiger partial charge in [0.25, 0.3) is 5.91 Å². The van der Waals surface area contributed by atoms with Crippen molar-refractivity contribution >= 4 is 44.2 Å². The number of ether oxygens (including phenoxy) is 2. The van der Waals surface area contributed by atoms with Crippen molar-refractivity contribution in [1.29, 1.82) is 0 Å². The van der Waals surface area contributed by atoms with Gasteiger partial charge in [0.05, 0.1) is 12.2 Å². The number of furan rings is 1. The molecule has 0 unspecified atom stereocenters. The molecule has 0 atom stereocenters. The third kappa shape index (κ3) is 3.96. The van der Waals surface area contributed by atoms with E-state index in [1.807, 2.05) is 23.6 Å². The van der Waals surface area contributed by atoms with Gasteiger partial charge in [-0.05, 0) is 46.3 Å². The van der Waals surface area contributed by atoms with Crippen molar-refractivity contribution < 1.29 is 23.5 Å². The van der Waals surface area contributed by atoms with Gasteiger partial charge in [-0.15, -0.1) is 11.3 Å². The lowest BCUT2D eigenvalue weighted by atomic mass is 10.1. The summed E-state index contributed by atoms with van der Waals surface area (Å²) in [5.74, 6) is 0.616. The van der Waals surface area contributed by atoms with Crippen LogP contribution in [0, 0.1) is 0 Å². The Bertz CT molecular complexity index is 1020. The zero-order valence-electron chi connectivity index (χ0n) is 13.7. The van der Waals surface area contributed by atoms with E-state index >= 15 is 0 Å². The zero-order valence-corrected chi connectivity index (χ0v) is 16.1. The van der Waals surface area contributed by atoms with Gasteiger partial charge in [0.1, 0.15) is 0 Å². The molecule has 0 fully saturated rings. The molecule has 0 bridgehead atoms. The van der Waals surface area contributed by atoms with Crippen LogP contribution in [0.2, 0.25) is 0 Å². The van der Waals surface area contributed by atoms with Crippen molar-refractivity contribution in [2.75, 3.05) is 18.7 Å². The van der Waals surface area contributed by atoms with E-state index in [-0.39, 0.29) is 25.0 Å². The van der Waals surface area contributed by atoms with Gasteiger partial charge in [-0.3, -0.25) is 9.59 Å². The highest BCUT2D eigenvalue weighted by molar-refractivity contribution is 9.10. The molecule has 0 saturated carbocycles. The van der Waals surface area contributed by atoms with E-state index in [2.05, 4.69) is 31.5 Å². The Balaban J connectivity index is 1.35. The molecule has 8 nitrogen and oxygen atoms in total. The fourth-order valence-electron chi connectivity index (χ4n) is 2.37. The fraction of sp³-hybridized carbons (Fsp3) is 0.118. The van der Waals surface area contributed by atoms with Crippen molar-refractivity contribution in [1.82, 2.24) is 10.3 Å². The van der Waals surface area contributed by atoms with Crippen LogP contribution < -0.4 is 20.1 Å². The van der Waals surface area contributed by atoms with Crippen LogP contribution >= 0.6 is 27.3 Å². The van der Waals surface area contributed by atoms with Crippen LogP contribution in [0.4, 0.5) is 5.13 Å². The first-order valence-corrected chi connectivity index (χ1v) is 9.45. The van der Waals surface area contributed by atoms with Crippen LogP contribution in [0.15, 0.2) is 44.8 Å². The van der Waals surface area contributed by atoms with Gasteiger partial charge in [-0.1, -0.05) is 0 Å². The van der Waals surface area contributed by atoms with E-state index in [1.54, 1.807) is 6.07 Å². The van der Waals surface area contributed by atoms with Gasteiger partial charge in [0, 0.05) is 10.9 Å². The minimum atomic E-state index is -0.476. The van der Waals surface area contributed by atoms with E-state index in [9.17, 15) is 9.59 Å². The summed E-state index contributed by atoms with van der Waals surface area (Å²) in [6.45, 7) is 0.00786. The lowest BCUT2D eigenvalue weighted by Crippen LogP contribution is -2.32. The number of amides is 2. The van der Waals surface area contributed by atoms with E-state index in [1.165, 1.54) is 17.4 Å². The summed E-state index contributed by atoms with van der Waals surface area (Å²) in [6, 6.07) is 8.64. The fourth-order valence-corrected chi connectivity index (χ4v) is 3.41. The van der Waals surface area contributed by atoms with Crippen LogP contribution in [-0.4, -0.2) is 30.1 Å². The normalized spacial score (nSPS) is 12.0. The van der Waals surface area contributed by atoms with E-state index in [4.69, 9.17) is 13.9 Å². The van der Waals surface area contributed by atoms with Gasteiger partial charge in [0.2, 0.25) is 12.7 Å². The lowest BCUT2D eigenvalue weighted by Gasteiger charge is -2.03. The monoisotopic (exact) mass is 449 g/mol. The molecule has 0 saturated heterocycles. The maximum atomic E-state index is 12.0. The number of carbonyl (C=O) groups is 2. The number of carbonyl (C=O) groups excluding carboxylic acids is 2. The third-order valence-electron chi connectivity index (χ3n) is 3.63. The highest BCUT2D eigenvalue weighted by Gasteiger charge is 2.16. The predicted octanol–water partition coefficient (Wildman–Crippen LogP) is 3.26. The smallest absolute Gasteiger partial charge is 0.287 e. The average Bonchev–Trinajstić information content (AvgIpc) is 3.39. The molecule has 1 aliphatic heterocycles. The number of anilines is 1. The quantitative estimate of drug-likeness (QED) is 0.619. The van der Waals surface area contributed by atoms with Gasteiger partial charge in [-0.25, -0.2) is 4.98 Å². The molecule has 3 aromatic rings. The highest BCUT2D eigenvalue weighted by Crippen LogP contribution is 2.36. The Hall–Kier alpha value is -2.85. The van der Waals surface area contributed by atoms with E-state index < -0.39 is 5.91 Å². The number of thiazole rings is 1. The largest absolute Gasteiger partial charge is 0.454 e. The number of nitrogens with zero attached hydrogens (tertiary/aromatic N) is 1. The summed E-state index contributed by atoms with van der Waals surface area (Å²) >= 11 is 4.40. The Morgan fingerprint density at radius 1 is 1.19 bits per heavy atom. The number of benzene rings is 1. The van der Waals surface area contributed by atoms with Crippen molar-refractivity contribution in [3.05, 3.63) is 46.1 Å².